The Hall–Kier alpha value is -7.10. The predicted octanol–water partition coefficient (Wildman–Crippen LogP) is 15.8. The Morgan fingerprint density at radius 1 is 0.388 bits per heavy atom. The van der Waals surface area contributed by atoms with Crippen molar-refractivity contribution in [3.05, 3.63) is 185 Å². The Balaban J connectivity index is 1.28. The highest BCUT2D eigenvalue weighted by molar-refractivity contribution is 6.90. The molecule has 2 aliphatic heterocycles. The van der Waals surface area contributed by atoms with Crippen molar-refractivity contribution in [2.24, 2.45) is 0 Å². The molecular formula is C64H55BN2. The monoisotopic (exact) mass is 862 g/mol. The van der Waals surface area contributed by atoms with E-state index >= 15 is 0 Å². The zero-order valence-corrected chi connectivity index (χ0v) is 40.4. The Kier molecular flexibility index (Phi) is 8.24. The maximum absolute atomic E-state index is 2.76. The first-order valence-electron chi connectivity index (χ1n) is 24.2. The molecule has 324 valence electrons. The molecule has 0 saturated heterocycles. The van der Waals surface area contributed by atoms with Crippen molar-refractivity contribution in [3.63, 3.8) is 0 Å². The van der Waals surface area contributed by atoms with Crippen LogP contribution in [0.2, 0.25) is 0 Å². The molecule has 4 heterocycles. The molecule has 0 unspecified atom stereocenters. The van der Waals surface area contributed by atoms with E-state index in [2.05, 4.69) is 230 Å². The van der Waals surface area contributed by atoms with Crippen LogP contribution in [-0.2, 0) is 10.8 Å². The number of aromatic nitrogens is 2. The van der Waals surface area contributed by atoms with Crippen molar-refractivity contribution in [1.29, 1.82) is 0 Å². The van der Waals surface area contributed by atoms with E-state index < -0.39 is 0 Å². The quantitative estimate of drug-likeness (QED) is 0.157. The normalized spacial score (nSPS) is 13.2. The van der Waals surface area contributed by atoms with Crippen LogP contribution in [0.25, 0.3) is 105 Å². The van der Waals surface area contributed by atoms with E-state index in [1.165, 1.54) is 149 Å². The molecule has 13 rings (SSSR count). The first kappa shape index (κ1) is 40.2. The second-order valence-electron chi connectivity index (χ2n) is 22.2. The van der Waals surface area contributed by atoms with E-state index in [9.17, 15) is 0 Å². The van der Waals surface area contributed by atoms with Gasteiger partial charge in [-0.15, -0.1) is 0 Å². The lowest BCUT2D eigenvalue weighted by Gasteiger charge is -2.35. The first-order valence-corrected chi connectivity index (χ1v) is 24.2. The molecule has 0 amide bonds. The summed E-state index contributed by atoms with van der Waals surface area (Å²) in [6.07, 6.45) is 0. The van der Waals surface area contributed by atoms with Gasteiger partial charge in [-0.05, 0) is 159 Å². The largest absolute Gasteiger partial charge is 0.375 e. The van der Waals surface area contributed by atoms with Gasteiger partial charge in [-0.3, -0.25) is 0 Å². The average Bonchev–Trinajstić information content (AvgIpc) is 3.80. The van der Waals surface area contributed by atoms with Gasteiger partial charge < -0.3 is 9.05 Å². The Morgan fingerprint density at radius 2 is 0.985 bits per heavy atom. The molecule has 0 saturated carbocycles. The fourth-order valence-corrected chi connectivity index (χ4v) is 12.3. The van der Waals surface area contributed by atoms with Crippen LogP contribution in [-0.4, -0.2) is 15.9 Å². The molecule has 0 spiro atoms. The summed E-state index contributed by atoms with van der Waals surface area (Å²) in [5.41, 5.74) is 27.2. The summed E-state index contributed by atoms with van der Waals surface area (Å²) in [6, 6.07) is 59.4. The van der Waals surface area contributed by atoms with Gasteiger partial charge in [0.25, 0.3) is 0 Å². The number of hydrogen-bond donors (Lipinski definition) is 0. The third-order valence-corrected chi connectivity index (χ3v) is 15.2. The molecule has 0 bridgehead atoms. The van der Waals surface area contributed by atoms with E-state index in [1.807, 2.05) is 0 Å². The zero-order chi connectivity index (χ0) is 46.0. The molecule has 67 heavy (non-hydrogen) atoms. The Bertz CT molecular complexity index is 3930. The summed E-state index contributed by atoms with van der Waals surface area (Å²) in [5.74, 6) is 0. The van der Waals surface area contributed by atoms with Crippen LogP contribution in [0.15, 0.2) is 152 Å². The van der Waals surface area contributed by atoms with E-state index in [0.29, 0.717) is 0 Å². The number of aryl methyl sites for hydroxylation is 4. The second-order valence-corrected chi connectivity index (χ2v) is 22.2. The Labute approximate surface area is 394 Å². The predicted molar refractivity (Wildman–Crippen MR) is 290 cm³/mol. The van der Waals surface area contributed by atoms with E-state index in [0.717, 1.165) is 0 Å². The number of hydrogen-bond acceptors (Lipinski definition) is 0. The molecule has 2 aromatic heterocycles. The third-order valence-electron chi connectivity index (χ3n) is 15.2. The highest BCUT2D eigenvalue weighted by atomic mass is 15.0. The maximum Gasteiger partial charge on any atom is 0.333 e. The van der Waals surface area contributed by atoms with Crippen molar-refractivity contribution >= 4 is 72.2 Å². The first-order chi connectivity index (χ1) is 32.1. The number of rotatable bonds is 3. The van der Waals surface area contributed by atoms with E-state index in [4.69, 9.17) is 0 Å². The SMILES string of the molecule is Cc1cc(C)cc(-c2cc3c4c(c2)-n2c5cc(-c6ccccc6)c6ccccc6c5c5cc(-c6cc(C)cc(C)c6)cc(c52)B4n2c4ccc(C(C)(C)C)cc4c4cc(C(C)(C)C)cc-3c42)c1. The number of fused-ring (bicyclic) bond motifs is 12. The molecule has 0 radical (unpaired) electrons. The fourth-order valence-electron chi connectivity index (χ4n) is 12.3. The third kappa shape index (κ3) is 5.83. The van der Waals surface area contributed by atoms with Gasteiger partial charge in [-0.25, -0.2) is 0 Å². The van der Waals surface area contributed by atoms with Gasteiger partial charge in [0.2, 0.25) is 0 Å². The van der Waals surface area contributed by atoms with Crippen LogP contribution in [0.5, 0.6) is 0 Å². The molecule has 2 nitrogen and oxygen atoms in total. The molecule has 0 N–H and O–H groups in total. The van der Waals surface area contributed by atoms with Crippen LogP contribution >= 0.6 is 0 Å². The van der Waals surface area contributed by atoms with Crippen molar-refractivity contribution in [3.8, 4) is 50.2 Å². The second kappa shape index (κ2) is 13.7. The molecule has 0 aliphatic carbocycles. The fraction of sp³-hybridized carbons (Fsp3) is 0.188. The topological polar surface area (TPSA) is 9.86 Å². The molecular weight excluding hydrogens is 808 g/mol. The van der Waals surface area contributed by atoms with Crippen molar-refractivity contribution in [1.82, 2.24) is 9.05 Å². The van der Waals surface area contributed by atoms with Gasteiger partial charge >= 0.3 is 6.85 Å². The lowest BCUT2D eigenvalue weighted by Crippen LogP contribution is -2.55. The Morgan fingerprint density at radius 3 is 1.64 bits per heavy atom. The van der Waals surface area contributed by atoms with Gasteiger partial charge in [0.1, 0.15) is 0 Å². The summed E-state index contributed by atoms with van der Waals surface area (Å²) in [5, 5.41) is 7.86. The lowest BCUT2D eigenvalue weighted by molar-refractivity contribution is 0.590. The molecule has 11 aromatic rings. The molecule has 0 fully saturated rings. The maximum atomic E-state index is 2.76. The summed E-state index contributed by atoms with van der Waals surface area (Å²) in [4.78, 5) is 0. The van der Waals surface area contributed by atoms with Gasteiger partial charge in [-0.1, -0.05) is 167 Å². The van der Waals surface area contributed by atoms with E-state index in [1.54, 1.807) is 0 Å². The van der Waals surface area contributed by atoms with E-state index in [-0.39, 0.29) is 17.7 Å². The molecule has 0 atom stereocenters. The lowest BCUT2D eigenvalue weighted by atomic mass is 9.45. The summed E-state index contributed by atoms with van der Waals surface area (Å²) in [6.45, 7) is 23.0. The van der Waals surface area contributed by atoms with Crippen molar-refractivity contribution in [2.75, 3.05) is 0 Å². The van der Waals surface area contributed by atoms with Crippen molar-refractivity contribution in [2.45, 2.75) is 80.1 Å². The number of nitrogens with zero attached hydrogens (tertiary/aromatic N) is 2. The van der Waals surface area contributed by atoms with Crippen LogP contribution in [0.3, 0.4) is 0 Å². The molecule has 2 aliphatic rings. The smallest absolute Gasteiger partial charge is 0.333 e. The number of benzene rings is 9. The van der Waals surface area contributed by atoms with Gasteiger partial charge in [-0.2, -0.15) is 0 Å². The minimum absolute atomic E-state index is 0.00380. The van der Waals surface area contributed by atoms with Crippen LogP contribution < -0.4 is 10.9 Å². The van der Waals surface area contributed by atoms with Crippen LogP contribution in [0.1, 0.15) is 74.9 Å². The standard InChI is InChI=1S/C64H55BN2/c1-36-22-37(2)25-41(24-36)43-29-54-59-48-19-15-14-18-47(48)49(40-16-12-11-13-17-40)35-57(59)66-58-31-44(42-26-38(3)23-39(4)27-42)28-51-53-34-46(64(8,9)10)33-52-50-32-45(63(5,6)7)20-21-56(50)67(61(52)53)65(60(51)58)55(30-43)62(54)66/h11-35H,1-10H3. The van der Waals surface area contributed by atoms with Crippen molar-refractivity contribution < 1.29 is 0 Å². The summed E-state index contributed by atoms with van der Waals surface area (Å²) in [7, 11) is 0. The molecule has 3 heteroatoms. The van der Waals surface area contributed by atoms with Crippen LogP contribution in [0.4, 0.5) is 0 Å². The van der Waals surface area contributed by atoms with Crippen LogP contribution in [0, 0.1) is 27.7 Å². The minimum Gasteiger partial charge on any atom is -0.375 e. The highest BCUT2D eigenvalue weighted by Crippen LogP contribution is 2.49. The zero-order valence-electron chi connectivity index (χ0n) is 40.4. The molecule has 9 aromatic carbocycles. The summed E-state index contributed by atoms with van der Waals surface area (Å²) >= 11 is 0. The summed E-state index contributed by atoms with van der Waals surface area (Å²) < 4.78 is 5.45. The minimum atomic E-state index is -0.0724. The van der Waals surface area contributed by atoms with Gasteiger partial charge in [0.05, 0.1) is 11.0 Å². The average molecular weight is 863 g/mol. The van der Waals surface area contributed by atoms with Gasteiger partial charge in [0, 0.05) is 43.8 Å². The van der Waals surface area contributed by atoms with Gasteiger partial charge in [0.15, 0.2) is 0 Å². The highest BCUT2D eigenvalue weighted by Gasteiger charge is 2.43.